The van der Waals surface area contributed by atoms with E-state index >= 15 is 0 Å². The van der Waals surface area contributed by atoms with Gasteiger partial charge in [-0.25, -0.2) is 0 Å². The highest BCUT2D eigenvalue weighted by atomic mass is 79.9. The monoisotopic (exact) mass is 255 g/mol. The lowest BCUT2D eigenvalue weighted by Crippen LogP contribution is -2.43. The van der Waals surface area contributed by atoms with E-state index in [2.05, 4.69) is 21.2 Å². The molecule has 0 amide bonds. The van der Waals surface area contributed by atoms with Gasteiger partial charge in [-0.3, -0.25) is 0 Å². The Hall–Kier alpha value is -0.380. The maximum absolute atomic E-state index is 9.89. The standard InChI is InChI=1S/C11H14BrNO/c12-9-3-1-8(2-4-9)11(14)7-10-5-6-13-10/h1-4,10-11,13-14H,5-7H2. The van der Waals surface area contributed by atoms with Crippen molar-refractivity contribution in [3.05, 3.63) is 34.3 Å². The summed E-state index contributed by atoms with van der Waals surface area (Å²) in [6, 6.07) is 8.37. The van der Waals surface area contributed by atoms with Crippen molar-refractivity contribution in [3.8, 4) is 0 Å². The molecule has 2 nitrogen and oxygen atoms in total. The highest BCUT2D eigenvalue weighted by molar-refractivity contribution is 9.10. The lowest BCUT2D eigenvalue weighted by Gasteiger charge is -2.29. The van der Waals surface area contributed by atoms with Crippen molar-refractivity contribution in [1.29, 1.82) is 0 Å². The van der Waals surface area contributed by atoms with Gasteiger partial charge in [-0.2, -0.15) is 0 Å². The number of halogens is 1. The van der Waals surface area contributed by atoms with Crippen molar-refractivity contribution < 1.29 is 5.11 Å². The van der Waals surface area contributed by atoms with Gasteiger partial charge in [0, 0.05) is 10.5 Å². The molecule has 0 radical (unpaired) electrons. The minimum atomic E-state index is -0.333. The first kappa shape index (κ1) is 10.1. The zero-order valence-corrected chi connectivity index (χ0v) is 9.50. The summed E-state index contributed by atoms with van der Waals surface area (Å²) in [5, 5.41) is 13.2. The minimum absolute atomic E-state index is 0.333. The average Bonchev–Trinajstić information content (AvgIpc) is 2.12. The molecule has 2 atom stereocenters. The summed E-state index contributed by atoms with van der Waals surface area (Å²) in [6.07, 6.45) is 1.68. The first-order valence-corrected chi connectivity index (χ1v) is 5.72. The lowest BCUT2D eigenvalue weighted by molar-refractivity contribution is 0.136. The fourth-order valence-corrected chi connectivity index (χ4v) is 1.90. The van der Waals surface area contributed by atoms with Crippen LogP contribution in [0.1, 0.15) is 24.5 Å². The van der Waals surface area contributed by atoms with E-state index in [1.807, 2.05) is 24.3 Å². The number of nitrogens with one attached hydrogen (secondary N) is 1. The zero-order chi connectivity index (χ0) is 9.97. The summed E-state index contributed by atoms with van der Waals surface area (Å²) in [5.41, 5.74) is 1.00. The van der Waals surface area contributed by atoms with Crippen LogP contribution in [0.25, 0.3) is 0 Å². The van der Waals surface area contributed by atoms with Crippen LogP contribution >= 0.6 is 15.9 Å². The summed E-state index contributed by atoms with van der Waals surface area (Å²) in [5.74, 6) is 0. The van der Waals surface area contributed by atoms with Crippen molar-refractivity contribution in [2.45, 2.75) is 25.0 Å². The highest BCUT2D eigenvalue weighted by Crippen LogP contribution is 2.23. The maximum Gasteiger partial charge on any atom is 0.0804 e. The molecule has 1 aromatic carbocycles. The molecule has 2 unspecified atom stereocenters. The molecule has 1 fully saturated rings. The molecule has 1 aliphatic heterocycles. The fourth-order valence-electron chi connectivity index (χ4n) is 1.64. The van der Waals surface area contributed by atoms with Gasteiger partial charge in [-0.15, -0.1) is 0 Å². The highest BCUT2D eigenvalue weighted by Gasteiger charge is 2.20. The number of benzene rings is 1. The molecule has 2 N–H and O–H groups in total. The Morgan fingerprint density at radius 1 is 1.43 bits per heavy atom. The molecule has 0 saturated carbocycles. The Labute approximate surface area is 92.5 Å². The molecule has 0 aromatic heterocycles. The summed E-state index contributed by atoms with van der Waals surface area (Å²) >= 11 is 3.38. The van der Waals surface area contributed by atoms with Gasteiger partial charge in [-0.1, -0.05) is 28.1 Å². The smallest absolute Gasteiger partial charge is 0.0804 e. The van der Waals surface area contributed by atoms with Gasteiger partial charge in [0.25, 0.3) is 0 Å². The van der Waals surface area contributed by atoms with E-state index in [4.69, 9.17) is 0 Å². The Balaban J connectivity index is 1.95. The molecule has 1 aliphatic rings. The van der Waals surface area contributed by atoms with Crippen LogP contribution in [0.3, 0.4) is 0 Å². The van der Waals surface area contributed by atoms with Crippen LogP contribution in [-0.2, 0) is 0 Å². The van der Waals surface area contributed by atoms with Gasteiger partial charge in [0.2, 0.25) is 0 Å². The van der Waals surface area contributed by atoms with Crippen molar-refractivity contribution in [2.75, 3.05) is 6.54 Å². The van der Waals surface area contributed by atoms with Gasteiger partial charge >= 0.3 is 0 Å². The third kappa shape index (κ3) is 2.35. The number of aliphatic hydroxyl groups is 1. The number of hydrogen-bond donors (Lipinski definition) is 2. The van der Waals surface area contributed by atoms with Gasteiger partial charge in [0.05, 0.1) is 6.10 Å². The topological polar surface area (TPSA) is 32.3 Å². The fraction of sp³-hybridized carbons (Fsp3) is 0.455. The van der Waals surface area contributed by atoms with Gasteiger partial charge in [0.1, 0.15) is 0 Å². The summed E-state index contributed by atoms with van der Waals surface area (Å²) in [6.45, 7) is 1.09. The Morgan fingerprint density at radius 3 is 2.57 bits per heavy atom. The second kappa shape index (κ2) is 4.43. The van der Waals surface area contributed by atoms with Crippen LogP contribution in [0.4, 0.5) is 0 Å². The van der Waals surface area contributed by atoms with E-state index in [9.17, 15) is 5.11 Å². The van der Waals surface area contributed by atoms with Crippen LogP contribution in [-0.4, -0.2) is 17.7 Å². The molecule has 76 valence electrons. The van der Waals surface area contributed by atoms with Crippen molar-refractivity contribution in [2.24, 2.45) is 0 Å². The quantitative estimate of drug-likeness (QED) is 0.869. The Bertz CT molecular complexity index is 295. The largest absolute Gasteiger partial charge is 0.388 e. The minimum Gasteiger partial charge on any atom is -0.388 e. The molecular formula is C11H14BrNO. The lowest BCUT2D eigenvalue weighted by atomic mass is 9.96. The average molecular weight is 256 g/mol. The van der Waals surface area contributed by atoms with E-state index in [0.717, 1.165) is 23.0 Å². The van der Waals surface area contributed by atoms with E-state index in [-0.39, 0.29) is 6.10 Å². The summed E-state index contributed by atoms with van der Waals surface area (Å²) < 4.78 is 1.05. The van der Waals surface area contributed by atoms with Gasteiger partial charge in [-0.05, 0) is 37.1 Å². The van der Waals surface area contributed by atoms with Crippen LogP contribution in [0.15, 0.2) is 28.7 Å². The van der Waals surface area contributed by atoms with Crippen molar-refractivity contribution in [3.63, 3.8) is 0 Å². The first-order chi connectivity index (χ1) is 6.75. The second-order valence-corrected chi connectivity index (χ2v) is 4.66. The van der Waals surface area contributed by atoms with E-state index < -0.39 is 0 Å². The molecular weight excluding hydrogens is 242 g/mol. The van der Waals surface area contributed by atoms with Crippen molar-refractivity contribution >= 4 is 15.9 Å². The third-order valence-electron chi connectivity index (χ3n) is 2.69. The molecule has 3 heteroatoms. The normalized spacial score (nSPS) is 22.9. The molecule has 1 saturated heterocycles. The first-order valence-electron chi connectivity index (χ1n) is 4.92. The van der Waals surface area contributed by atoms with E-state index in [1.54, 1.807) is 0 Å². The summed E-state index contributed by atoms with van der Waals surface area (Å²) in [7, 11) is 0. The molecule has 0 aliphatic carbocycles. The molecule has 2 rings (SSSR count). The van der Waals surface area contributed by atoms with Gasteiger partial charge < -0.3 is 10.4 Å². The number of hydrogen-bond acceptors (Lipinski definition) is 2. The van der Waals surface area contributed by atoms with E-state index in [1.165, 1.54) is 6.42 Å². The molecule has 14 heavy (non-hydrogen) atoms. The predicted octanol–water partition coefficient (Wildman–Crippen LogP) is 2.23. The van der Waals surface area contributed by atoms with Crippen LogP contribution in [0.2, 0.25) is 0 Å². The van der Waals surface area contributed by atoms with Gasteiger partial charge in [0.15, 0.2) is 0 Å². The van der Waals surface area contributed by atoms with E-state index in [0.29, 0.717) is 6.04 Å². The van der Waals surface area contributed by atoms with Crippen LogP contribution in [0, 0.1) is 0 Å². The second-order valence-electron chi connectivity index (χ2n) is 3.74. The Kier molecular flexibility index (Phi) is 3.21. The number of rotatable bonds is 3. The zero-order valence-electron chi connectivity index (χ0n) is 7.91. The molecule has 0 bridgehead atoms. The molecule has 1 heterocycles. The third-order valence-corrected chi connectivity index (χ3v) is 3.22. The maximum atomic E-state index is 9.89. The van der Waals surface area contributed by atoms with Crippen LogP contribution < -0.4 is 5.32 Å². The Morgan fingerprint density at radius 2 is 2.07 bits per heavy atom. The molecule has 1 aromatic rings. The predicted molar refractivity (Wildman–Crippen MR) is 60.1 cm³/mol. The molecule has 0 spiro atoms. The number of aliphatic hydroxyl groups excluding tert-OH is 1. The van der Waals surface area contributed by atoms with Crippen molar-refractivity contribution in [1.82, 2.24) is 5.32 Å². The SMILES string of the molecule is OC(CC1CCN1)c1ccc(Br)cc1. The summed E-state index contributed by atoms with van der Waals surface area (Å²) in [4.78, 5) is 0. The van der Waals surface area contributed by atoms with Crippen LogP contribution in [0.5, 0.6) is 0 Å².